The molecule has 0 amide bonds. The van der Waals surface area contributed by atoms with Crippen molar-refractivity contribution in [2.24, 2.45) is 4.99 Å². The second kappa shape index (κ2) is 6.19. The zero-order valence-corrected chi connectivity index (χ0v) is 12.9. The standard InChI is InChI=1S/C16H15N3O2S/c1-12-11-14(19(20)21)7-8-15(12)17-16-18(9-10-22-16)13-5-3-2-4-6-13/h2-8,11H,9-10H2,1H3/b17-16-. The third kappa shape index (κ3) is 2.96. The van der Waals surface area contributed by atoms with Crippen LogP contribution in [-0.4, -0.2) is 22.4 Å². The van der Waals surface area contributed by atoms with Crippen LogP contribution in [0, 0.1) is 17.0 Å². The molecule has 0 atom stereocenters. The summed E-state index contributed by atoms with van der Waals surface area (Å²) in [6.45, 7) is 2.76. The normalized spacial score (nSPS) is 16.2. The van der Waals surface area contributed by atoms with Gasteiger partial charge in [-0.1, -0.05) is 30.0 Å². The Morgan fingerprint density at radius 2 is 2.00 bits per heavy atom. The second-order valence-electron chi connectivity index (χ2n) is 4.96. The number of non-ortho nitro benzene ring substituents is 1. The molecule has 1 fully saturated rings. The van der Waals surface area contributed by atoms with E-state index in [9.17, 15) is 10.1 Å². The van der Waals surface area contributed by atoms with Crippen LogP contribution in [0.4, 0.5) is 17.1 Å². The number of aryl methyl sites for hydroxylation is 1. The van der Waals surface area contributed by atoms with E-state index in [-0.39, 0.29) is 10.6 Å². The zero-order chi connectivity index (χ0) is 15.5. The van der Waals surface area contributed by atoms with E-state index < -0.39 is 0 Å². The number of thioether (sulfide) groups is 1. The Kier molecular flexibility index (Phi) is 4.11. The number of nitro benzene ring substituents is 1. The smallest absolute Gasteiger partial charge is 0.269 e. The van der Waals surface area contributed by atoms with Gasteiger partial charge in [-0.25, -0.2) is 4.99 Å². The molecule has 0 spiro atoms. The minimum atomic E-state index is -0.384. The van der Waals surface area contributed by atoms with E-state index in [4.69, 9.17) is 4.99 Å². The first-order valence-corrected chi connectivity index (χ1v) is 7.93. The molecule has 1 saturated heterocycles. The molecule has 0 bridgehead atoms. The summed E-state index contributed by atoms with van der Waals surface area (Å²) in [5.41, 5.74) is 2.80. The monoisotopic (exact) mass is 313 g/mol. The summed E-state index contributed by atoms with van der Waals surface area (Å²) in [5.74, 6) is 0.986. The van der Waals surface area contributed by atoms with Gasteiger partial charge < -0.3 is 4.90 Å². The van der Waals surface area contributed by atoms with Crippen LogP contribution < -0.4 is 4.90 Å². The van der Waals surface area contributed by atoms with Gasteiger partial charge >= 0.3 is 0 Å². The molecule has 22 heavy (non-hydrogen) atoms. The highest BCUT2D eigenvalue weighted by Crippen LogP contribution is 2.30. The van der Waals surface area contributed by atoms with Crippen molar-refractivity contribution in [3.8, 4) is 0 Å². The first-order valence-electron chi connectivity index (χ1n) is 6.94. The fourth-order valence-corrected chi connectivity index (χ4v) is 3.30. The van der Waals surface area contributed by atoms with Crippen LogP contribution in [-0.2, 0) is 0 Å². The molecule has 5 nitrogen and oxygen atoms in total. The number of hydrogen-bond acceptors (Lipinski definition) is 4. The molecule has 0 saturated carbocycles. The summed E-state index contributed by atoms with van der Waals surface area (Å²) in [4.78, 5) is 17.3. The topological polar surface area (TPSA) is 58.7 Å². The molecule has 0 unspecified atom stereocenters. The minimum absolute atomic E-state index is 0.0976. The Labute approximate surface area is 132 Å². The molecule has 0 aliphatic carbocycles. The Morgan fingerprint density at radius 1 is 1.23 bits per heavy atom. The number of benzene rings is 2. The van der Waals surface area contributed by atoms with Crippen molar-refractivity contribution in [1.29, 1.82) is 0 Å². The lowest BCUT2D eigenvalue weighted by molar-refractivity contribution is -0.384. The van der Waals surface area contributed by atoms with Gasteiger partial charge in [-0.3, -0.25) is 10.1 Å². The van der Waals surface area contributed by atoms with Crippen LogP contribution >= 0.6 is 11.8 Å². The van der Waals surface area contributed by atoms with Crippen molar-refractivity contribution in [1.82, 2.24) is 0 Å². The van der Waals surface area contributed by atoms with Gasteiger partial charge in [0.1, 0.15) is 0 Å². The van der Waals surface area contributed by atoms with Crippen LogP contribution in [0.1, 0.15) is 5.56 Å². The fourth-order valence-electron chi connectivity index (χ4n) is 2.32. The van der Waals surface area contributed by atoms with Crippen molar-refractivity contribution in [3.05, 3.63) is 64.2 Å². The first-order chi connectivity index (χ1) is 10.6. The molecule has 1 aliphatic rings. The lowest BCUT2D eigenvalue weighted by Crippen LogP contribution is -2.23. The van der Waals surface area contributed by atoms with Gasteiger partial charge in [0.15, 0.2) is 5.17 Å². The Bertz CT molecular complexity index is 731. The maximum atomic E-state index is 10.8. The zero-order valence-electron chi connectivity index (χ0n) is 12.1. The quantitative estimate of drug-likeness (QED) is 0.631. The summed E-state index contributed by atoms with van der Waals surface area (Å²) in [6, 6.07) is 14.9. The maximum absolute atomic E-state index is 10.8. The predicted molar refractivity (Wildman–Crippen MR) is 91.2 cm³/mol. The minimum Gasteiger partial charge on any atom is -0.320 e. The highest BCUT2D eigenvalue weighted by atomic mass is 32.2. The van der Waals surface area contributed by atoms with Gasteiger partial charge in [0, 0.05) is 30.1 Å². The number of aliphatic imine (C=N–C) groups is 1. The van der Waals surface area contributed by atoms with Gasteiger partial charge in [-0.05, 0) is 30.7 Å². The van der Waals surface area contributed by atoms with E-state index in [2.05, 4.69) is 17.0 Å². The lowest BCUT2D eigenvalue weighted by atomic mass is 10.2. The molecule has 0 N–H and O–H groups in total. The summed E-state index contributed by atoms with van der Waals surface area (Å²) in [5, 5.41) is 11.7. The average molecular weight is 313 g/mol. The molecular formula is C16H15N3O2S. The number of anilines is 1. The molecule has 6 heteroatoms. The second-order valence-corrected chi connectivity index (χ2v) is 6.02. The van der Waals surface area contributed by atoms with E-state index in [1.54, 1.807) is 23.9 Å². The van der Waals surface area contributed by atoms with Crippen molar-refractivity contribution >= 4 is 34.0 Å². The Hall–Kier alpha value is -2.34. The molecule has 2 aromatic carbocycles. The maximum Gasteiger partial charge on any atom is 0.269 e. The molecule has 2 aromatic rings. The number of nitrogens with zero attached hydrogens (tertiary/aromatic N) is 3. The van der Waals surface area contributed by atoms with Crippen LogP contribution in [0.2, 0.25) is 0 Å². The number of hydrogen-bond donors (Lipinski definition) is 0. The highest BCUT2D eigenvalue weighted by Gasteiger charge is 2.21. The number of para-hydroxylation sites is 1. The van der Waals surface area contributed by atoms with Crippen LogP contribution in [0.15, 0.2) is 53.5 Å². The van der Waals surface area contributed by atoms with Gasteiger partial charge in [-0.2, -0.15) is 0 Å². The average Bonchev–Trinajstić information content (AvgIpc) is 2.98. The lowest BCUT2D eigenvalue weighted by Gasteiger charge is -2.18. The SMILES string of the molecule is Cc1cc([N+](=O)[O-])ccc1/N=C1\SCCN1c1ccccc1. The first kappa shape index (κ1) is 14.6. The molecule has 3 rings (SSSR count). The fraction of sp³-hybridized carbons (Fsp3) is 0.188. The van der Waals surface area contributed by atoms with Gasteiger partial charge in [0.05, 0.1) is 10.6 Å². The molecule has 0 radical (unpaired) electrons. The predicted octanol–water partition coefficient (Wildman–Crippen LogP) is 4.14. The Balaban J connectivity index is 1.92. The molecule has 0 aromatic heterocycles. The summed E-state index contributed by atoms with van der Waals surface area (Å²) in [7, 11) is 0. The van der Waals surface area contributed by atoms with E-state index in [0.29, 0.717) is 0 Å². The molecule has 112 valence electrons. The molecule has 1 heterocycles. The van der Waals surface area contributed by atoms with E-state index >= 15 is 0 Å². The molecule has 1 aliphatic heterocycles. The van der Waals surface area contributed by atoms with Gasteiger partial charge in [-0.15, -0.1) is 0 Å². The Morgan fingerprint density at radius 3 is 2.68 bits per heavy atom. The van der Waals surface area contributed by atoms with Crippen LogP contribution in [0.3, 0.4) is 0 Å². The van der Waals surface area contributed by atoms with Crippen molar-refractivity contribution in [2.75, 3.05) is 17.2 Å². The number of nitro groups is 1. The van der Waals surface area contributed by atoms with Crippen molar-refractivity contribution in [3.63, 3.8) is 0 Å². The number of amidine groups is 1. The van der Waals surface area contributed by atoms with Crippen LogP contribution in [0.25, 0.3) is 0 Å². The van der Waals surface area contributed by atoms with E-state index in [1.165, 1.54) is 6.07 Å². The largest absolute Gasteiger partial charge is 0.320 e. The van der Waals surface area contributed by atoms with Crippen LogP contribution in [0.5, 0.6) is 0 Å². The van der Waals surface area contributed by atoms with Crippen molar-refractivity contribution in [2.45, 2.75) is 6.92 Å². The highest BCUT2D eigenvalue weighted by molar-refractivity contribution is 8.14. The third-order valence-electron chi connectivity index (χ3n) is 3.45. The summed E-state index contributed by atoms with van der Waals surface area (Å²) < 4.78 is 0. The van der Waals surface area contributed by atoms with E-state index in [0.717, 1.165) is 34.4 Å². The third-order valence-corrected chi connectivity index (χ3v) is 4.41. The van der Waals surface area contributed by atoms with Crippen molar-refractivity contribution < 1.29 is 4.92 Å². The van der Waals surface area contributed by atoms with Gasteiger partial charge in [0.2, 0.25) is 0 Å². The summed E-state index contributed by atoms with van der Waals surface area (Å²) in [6.07, 6.45) is 0. The van der Waals surface area contributed by atoms with Gasteiger partial charge in [0.25, 0.3) is 5.69 Å². The number of rotatable bonds is 3. The summed E-state index contributed by atoms with van der Waals surface area (Å²) >= 11 is 1.70. The molecular weight excluding hydrogens is 298 g/mol. The van der Waals surface area contributed by atoms with E-state index in [1.807, 2.05) is 25.1 Å².